The molecule has 12 heteroatoms. The average molecular weight is 691 g/mol. The molecule has 1 saturated heterocycles. The number of carbonyl (C=O) groups is 3. The Hall–Kier alpha value is -1.76. The van der Waals surface area contributed by atoms with E-state index in [0.717, 1.165) is 38.5 Å². The molecule has 4 saturated carbocycles. The monoisotopic (exact) mass is 690 g/mol. The maximum absolute atomic E-state index is 12.4. The Morgan fingerprint density at radius 2 is 1.32 bits per heavy atom. The van der Waals surface area contributed by atoms with Gasteiger partial charge in [-0.1, -0.05) is 20.8 Å². The number of ether oxygens (including phenoxy) is 4. The van der Waals surface area contributed by atoms with E-state index in [0.29, 0.717) is 31.3 Å². The van der Waals surface area contributed by atoms with Gasteiger partial charge in [-0.15, -0.1) is 0 Å². The number of esters is 3. The molecule has 4 aliphatic carbocycles. The van der Waals surface area contributed by atoms with E-state index in [4.69, 9.17) is 18.9 Å². The van der Waals surface area contributed by atoms with Gasteiger partial charge in [0.05, 0.1) is 21.8 Å². The predicted molar refractivity (Wildman–Crippen MR) is 177 cm³/mol. The van der Waals surface area contributed by atoms with Crippen LogP contribution in [0.3, 0.4) is 0 Å². The zero-order valence-electron chi connectivity index (χ0n) is 30.7. The van der Waals surface area contributed by atoms with Crippen LogP contribution in [0.4, 0.5) is 0 Å². The second-order valence-electron chi connectivity index (χ2n) is 15.9. The molecular weight excluding hydrogens is 628 g/mol. The maximum Gasteiger partial charge on any atom is 0.313 e. The number of rotatable bonds is 11. The molecule has 4 bridgehead atoms. The van der Waals surface area contributed by atoms with Crippen molar-refractivity contribution in [3.63, 3.8) is 0 Å². The summed E-state index contributed by atoms with van der Waals surface area (Å²) < 4.78 is 47.6. The van der Waals surface area contributed by atoms with E-state index in [1.807, 2.05) is 55.4 Å². The van der Waals surface area contributed by atoms with Gasteiger partial charge in [-0.25, -0.2) is 0 Å². The van der Waals surface area contributed by atoms with Gasteiger partial charge in [-0.2, -0.15) is 8.42 Å². The first-order valence-electron chi connectivity index (χ1n) is 17.3. The maximum atomic E-state index is 12.4. The van der Waals surface area contributed by atoms with Crippen molar-refractivity contribution in [3.05, 3.63) is 0 Å². The minimum Gasteiger partial charge on any atom is -0.459 e. The van der Waals surface area contributed by atoms with Crippen molar-refractivity contribution in [1.82, 2.24) is 0 Å². The van der Waals surface area contributed by atoms with Gasteiger partial charge in [-0.05, 0) is 119 Å². The van der Waals surface area contributed by atoms with E-state index in [2.05, 4.69) is 4.18 Å². The molecule has 0 aromatic heterocycles. The van der Waals surface area contributed by atoms with Gasteiger partial charge in [0, 0.05) is 13.0 Å². The summed E-state index contributed by atoms with van der Waals surface area (Å²) in [6.07, 6.45) is 6.76. The Labute approximate surface area is 283 Å². The lowest BCUT2D eigenvalue weighted by molar-refractivity contribution is -0.225. The summed E-state index contributed by atoms with van der Waals surface area (Å²) in [5.74, 6) is 0.221. The van der Waals surface area contributed by atoms with Crippen LogP contribution in [0.2, 0.25) is 0 Å². The second kappa shape index (κ2) is 15.9. The first-order valence-corrected chi connectivity index (χ1v) is 18.9. The van der Waals surface area contributed by atoms with E-state index in [-0.39, 0.29) is 35.9 Å². The van der Waals surface area contributed by atoms with E-state index in [1.54, 1.807) is 20.8 Å². The fourth-order valence-corrected chi connectivity index (χ4v) is 7.55. The number of hydrogen-bond acceptors (Lipinski definition) is 11. The average Bonchev–Trinajstić information content (AvgIpc) is 3.29. The molecule has 4 unspecified atom stereocenters. The van der Waals surface area contributed by atoms with Gasteiger partial charge in [0.2, 0.25) is 0 Å². The van der Waals surface area contributed by atoms with Gasteiger partial charge < -0.3 is 24.1 Å². The zero-order chi connectivity index (χ0) is 36.1. The molecule has 274 valence electrons. The fourth-order valence-electron chi connectivity index (χ4n) is 6.48. The molecule has 5 fully saturated rings. The summed E-state index contributed by atoms with van der Waals surface area (Å²) in [6.45, 7) is 21.1. The Balaban J connectivity index is 0.000000251. The lowest BCUT2D eigenvalue weighted by Crippen LogP contribution is -2.61. The molecule has 5 rings (SSSR count). The van der Waals surface area contributed by atoms with Gasteiger partial charge in [0.25, 0.3) is 10.1 Å². The molecule has 5 aliphatic rings. The molecule has 1 N–H and O–H groups in total. The third kappa shape index (κ3) is 11.7. The van der Waals surface area contributed by atoms with Crippen LogP contribution in [0, 0.1) is 28.1 Å². The molecule has 1 heterocycles. The van der Waals surface area contributed by atoms with Crippen LogP contribution < -0.4 is 0 Å². The van der Waals surface area contributed by atoms with Crippen LogP contribution in [0.15, 0.2) is 0 Å². The highest BCUT2D eigenvalue weighted by Gasteiger charge is 2.59. The number of aliphatic hydroxyl groups is 1. The van der Waals surface area contributed by atoms with Crippen LogP contribution >= 0.6 is 0 Å². The molecule has 4 atom stereocenters. The van der Waals surface area contributed by atoms with Gasteiger partial charge in [0.1, 0.15) is 24.1 Å². The quantitative estimate of drug-likeness (QED) is 0.116. The van der Waals surface area contributed by atoms with Crippen molar-refractivity contribution in [2.24, 2.45) is 28.1 Å². The third-order valence-corrected chi connectivity index (χ3v) is 11.6. The van der Waals surface area contributed by atoms with E-state index in [9.17, 15) is 27.9 Å². The number of carbonyl (C=O) groups excluding carboxylic acids is 3. The molecule has 11 nitrogen and oxygen atoms in total. The predicted octanol–water partition coefficient (Wildman–Crippen LogP) is 6.09. The highest BCUT2D eigenvalue weighted by atomic mass is 32.2. The topological polar surface area (TPSA) is 152 Å². The number of hydrogen-bond donors (Lipinski definition) is 1. The molecule has 0 spiro atoms. The summed E-state index contributed by atoms with van der Waals surface area (Å²) in [4.78, 5) is 35.4. The minimum absolute atomic E-state index is 0.0616. The third-order valence-electron chi connectivity index (χ3n) is 10.4. The Morgan fingerprint density at radius 3 is 1.74 bits per heavy atom. The second-order valence-corrected chi connectivity index (χ2v) is 17.6. The van der Waals surface area contributed by atoms with Gasteiger partial charge in [0.15, 0.2) is 6.29 Å². The Bertz CT molecular complexity index is 1180. The van der Waals surface area contributed by atoms with E-state index in [1.165, 1.54) is 6.42 Å². The molecule has 0 aromatic carbocycles. The molecule has 0 amide bonds. The van der Waals surface area contributed by atoms with Crippen LogP contribution in [0.25, 0.3) is 0 Å². The van der Waals surface area contributed by atoms with Crippen molar-refractivity contribution in [2.75, 3.05) is 19.0 Å². The standard InChI is InChI=1S/C16H26O3.C10H20O3.C9H16O5S/c1-4-14(2,3)13(17)19-16-8-11-5-12(9-16)7-15(18,6-11)10-16;1-6-10(4,5)9(11)13-8(3)12-7-2;1-4-9(2,3)8(10)14-7-5-13-15(11,12)6-7/h11-12,18H,4-10H2,1-3H3;8H,6-7H2,1-5H3;7H,4-6H2,1-3H3. The summed E-state index contributed by atoms with van der Waals surface area (Å²) in [5.41, 5.74) is -2.31. The molecule has 0 aromatic rings. The van der Waals surface area contributed by atoms with Gasteiger partial charge >= 0.3 is 17.9 Å². The summed E-state index contributed by atoms with van der Waals surface area (Å²) in [6, 6.07) is 0. The lowest BCUT2D eigenvalue weighted by atomic mass is 9.52. The summed E-state index contributed by atoms with van der Waals surface area (Å²) in [5, 5.41) is 10.6. The molecular formula is C35H62O11S. The van der Waals surface area contributed by atoms with Crippen molar-refractivity contribution < 1.29 is 51.0 Å². The first-order chi connectivity index (χ1) is 21.5. The van der Waals surface area contributed by atoms with Crippen LogP contribution in [0.5, 0.6) is 0 Å². The Kier molecular flexibility index (Phi) is 14.0. The Morgan fingerprint density at radius 1 is 0.830 bits per heavy atom. The molecule has 47 heavy (non-hydrogen) atoms. The largest absolute Gasteiger partial charge is 0.459 e. The highest BCUT2D eigenvalue weighted by Crippen LogP contribution is 2.59. The normalized spacial score (nSPS) is 29.8. The van der Waals surface area contributed by atoms with Crippen LogP contribution in [-0.2, 0) is 47.6 Å². The van der Waals surface area contributed by atoms with Crippen molar-refractivity contribution >= 4 is 28.0 Å². The van der Waals surface area contributed by atoms with Crippen LogP contribution in [0.1, 0.15) is 134 Å². The highest BCUT2D eigenvalue weighted by molar-refractivity contribution is 7.87. The summed E-state index contributed by atoms with van der Waals surface area (Å²) in [7, 11) is -3.47. The van der Waals surface area contributed by atoms with E-state index >= 15 is 0 Å². The summed E-state index contributed by atoms with van der Waals surface area (Å²) >= 11 is 0. The van der Waals surface area contributed by atoms with Crippen molar-refractivity contribution in [3.8, 4) is 0 Å². The first kappa shape index (κ1) is 41.4. The van der Waals surface area contributed by atoms with Crippen molar-refractivity contribution in [1.29, 1.82) is 0 Å². The van der Waals surface area contributed by atoms with Crippen LogP contribution in [-0.4, -0.2) is 74.0 Å². The smallest absolute Gasteiger partial charge is 0.313 e. The van der Waals surface area contributed by atoms with E-state index < -0.39 is 44.4 Å². The lowest BCUT2D eigenvalue weighted by Gasteiger charge is -2.59. The minimum atomic E-state index is -3.47. The molecule has 1 aliphatic heterocycles. The van der Waals surface area contributed by atoms with Gasteiger partial charge in [-0.3, -0.25) is 18.6 Å². The van der Waals surface area contributed by atoms with Crippen molar-refractivity contribution in [2.45, 2.75) is 158 Å². The molecule has 0 radical (unpaired) electrons. The zero-order valence-corrected chi connectivity index (χ0v) is 31.5. The fraction of sp³-hybridized carbons (Fsp3) is 0.914. The SMILES string of the molecule is CCC(C)(C)C(=O)OC12CC3CC(CC(O)(C3)C1)C2.CCC(C)(C)C(=O)OC1COS(=O)(=O)C1.CCOC(C)OC(=O)C(C)(C)CC.